The summed E-state index contributed by atoms with van der Waals surface area (Å²) < 4.78 is 3.86. The molecule has 0 bridgehead atoms. The van der Waals surface area contributed by atoms with E-state index in [0.717, 1.165) is 0 Å². The van der Waals surface area contributed by atoms with Crippen molar-refractivity contribution in [2.75, 3.05) is 0 Å². The molecular formula is C15H18N10O3. The van der Waals surface area contributed by atoms with Gasteiger partial charge in [0.25, 0.3) is 11.8 Å². The molecule has 0 spiro atoms. The zero-order valence-electron chi connectivity index (χ0n) is 14.9. The number of nitrogens with two attached hydrogens (primary N) is 2. The molecule has 0 unspecified atom stereocenters. The average Bonchev–Trinajstić information content (AvgIpc) is 3.26. The van der Waals surface area contributed by atoms with Crippen molar-refractivity contribution in [2.24, 2.45) is 11.7 Å². The lowest BCUT2D eigenvalue weighted by Crippen LogP contribution is -2.36. The molecular weight excluding hydrogens is 368 g/mol. The molecule has 13 heteroatoms. The van der Waals surface area contributed by atoms with Gasteiger partial charge in [0.05, 0.1) is 12.2 Å². The van der Waals surface area contributed by atoms with Crippen molar-refractivity contribution in [3.8, 4) is 5.69 Å². The fourth-order valence-electron chi connectivity index (χ4n) is 2.67. The molecule has 3 aromatic rings. The highest BCUT2D eigenvalue weighted by molar-refractivity contribution is 6.04. The van der Waals surface area contributed by atoms with Gasteiger partial charge in [-0.25, -0.2) is 21.2 Å². The summed E-state index contributed by atoms with van der Waals surface area (Å²) in [6, 6.07) is 8.96. The van der Waals surface area contributed by atoms with Crippen molar-refractivity contribution in [3.63, 3.8) is 0 Å². The van der Waals surface area contributed by atoms with E-state index >= 15 is 0 Å². The van der Waals surface area contributed by atoms with Crippen LogP contribution in [0.1, 0.15) is 26.8 Å². The number of carbonyl (C=O) groups is 2. The Labute approximate surface area is 157 Å². The maximum Gasteiger partial charge on any atom is 0.350 e. The van der Waals surface area contributed by atoms with Gasteiger partial charge in [0.1, 0.15) is 5.82 Å². The molecule has 2 amide bonds. The predicted octanol–water partition coefficient (Wildman–Crippen LogP) is -2.16. The minimum Gasteiger partial charge on any atom is -0.289 e. The fourth-order valence-corrected chi connectivity index (χ4v) is 2.67. The van der Waals surface area contributed by atoms with Crippen LogP contribution < -0.4 is 28.2 Å². The highest BCUT2D eigenvalue weighted by Gasteiger charge is 2.25. The van der Waals surface area contributed by atoms with Gasteiger partial charge < -0.3 is 0 Å². The number of nitrogen functional groups attached to an aromatic ring is 2. The summed E-state index contributed by atoms with van der Waals surface area (Å²) in [5.74, 6) is 9.16. The standard InChI is InChI=1S/C15H18N10O3/c1-9-21-25(10-5-3-2-4-6-10)15(28)23(9)7-8-24-12(14(27)19-17)11(20-22-24)13(26)18-16/h2-6H,7-8,16-17H2,1H3,(H,18,26)(H,19,27). The van der Waals surface area contributed by atoms with Crippen LogP contribution in [0.25, 0.3) is 5.69 Å². The third-order valence-electron chi connectivity index (χ3n) is 4.01. The Balaban J connectivity index is 1.90. The summed E-state index contributed by atoms with van der Waals surface area (Å²) in [5, 5.41) is 11.7. The first kappa shape index (κ1) is 18.9. The van der Waals surface area contributed by atoms with Gasteiger partial charge in [-0.2, -0.15) is 9.78 Å². The average molecular weight is 386 g/mol. The van der Waals surface area contributed by atoms with Crippen molar-refractivity contribution >= 4 is 11.8 Å². The molecule has 0 radical (unpaired) electrons. The van der Waals surface area contributed by atoms with Gasteiger partial charge in [0.15, 0.2) is 11.4 Å². The van der Waals surface area contributed by atoms with Gasteiger partial charge in [-0.1, -0.05) is 23.4 Å². The number of hydrazine groups is 2. The normalized spacial score (nSPS) is 10.7. The lowest BCUT2D eigenvalue weighted by molar-refractivity contribution is 0.0910. The largest absolute Gasteiger partial charge is 0.350 e. The van der Waals surface area contributed by atoms with Crippen LogP contribution in [-0.2, 0) is 13.1 Å². The highest BCUT2D eigenvalue weighted by atomic mass is 16.2. The van der Waals surface area contributed by atoms with E-state index < -0.39 is 11.8 Å². The first-order valence-corrected chi connectivity index (χ1v) is 8.15. The first-order chi connectivity index (χ1) is 13.5. The van der Waals surface area contributed by atoms with Gasteiger partial charge in [0.2, 0.25) is 0 Å². The number of aromatic nitrogens is 6. The van der Waals surface area contributed by atoms with E-state index in [2.05, 4.69) is 15.4 Å². The summed E-state index contributed by atoms with van der Waals surface area (Å²) in [5.41, 5.74) is 3.63. The molecule has 0 atom stereocenters. The topological polar surface area (TPSA) is 181 Å². The quantitative estimate of drug-likeness (QED) is 0.210. The van der Waals surface area contributed by atoms with Crippen molar-refractivity contribution < 1.29 is 9.59 Å². The summed E-state index contributed by atoms with van der Waals surface area (Å²) in [7, 11) is 0. The number of rotatable bonds is 6. The van der Waals surface area contributed by atoms with Crippen LogP contribution in [0.5, 0.6) is 0 Å². The second-order valence-electron chi connectivity index (χ2n) is 5.69. The van der Waals surface area contributed by atoms with E-state index in [4.69, 9.17) is 11.7 Å². The van der Waals surface area contributed by atoms with Crippen LogP contribution in [0.4, 0.5) is 0 Å². The lowest BCUT2D eigenvalue weighted by Gasteiger charge is -2.07. The van der Waals surface area contributed by atoms with Crippen LogP contribution in [0.3, 0.4) is 0 Å². The zero-order chi connectivity index (χ0) is 20.3. The second kappa shape index (κ2) is 7.81. The van der Waals surface area contributed by atoms with Crippen molar-refractivity contribution in [1.82, 2.24) is 40.2 Å². The van der Waals surface area contributed by atoms with E-state index in [1.807, 2.05) is 16.9 Å². The van der Waals surface area contributed by atoms with E-state index in [1.165, 1.54) is 13.9 Å². The Kier molecular flexibility index (Phi) is 5.28. The van der Waals surface area contributed by atoms with Crippen LogP contribution in [0, 0.1) is 6.92 Å². The van der Waals surface area contributed by atoms with Crippen LogP contribution in [-0.4, -0.2) is 41.2 Å². The zero-order valence-corrected chi connectivity index (χ0v) is 14.9. The summed E-state index contributed by atoms with van der Waals surface area (Å²) >= 11 is 0. The summed E-state index contributed by atoms with van der Waals surface area (Å²) in [6.07, 6.45) is 0. The number of benzene rings is 1. The maximum absolute atomic E-state index is 12.7. The number of nitrogens with zero attached hydrogens (tertiary/aromatic N) is 6. The maximum atomic E-state index is 12.7. The molecule has 0 saturated carbocycles. The second-order valence-corrected chi connectivity index (χ2v) is 5.69. The summed E-state index contributed by atoms with van der Waals surface area (Å²) in [4.78, 5) is 36.5. The van der Waals surface area contributed by atoms with Gasteiger partial charge in [-0.15, -0.1) is 5.10 Å². The van der Waals surface area contributed by atoms with E-state index in [1.54, 1.807) is 31.2 Å². The molecule has 0 fully saturated rings. The Morgan fingerprint density at radius 3 is 2.39 bits per heavy atom. The van der Waals surface area contributed by atoms with Crippen LogP contribution in [0.2, 0.25) is 0 Å². The number of aryl methyl sites for hydroxylation is 2. The van der Waals surface area contributed by atoms with E-state index in [0.29, 0.717) is 11.5 Å². The number of para-hydroxylation sites is 1. The highest BCUT2D eigenvalue weighted by Crippen LogP contribution is 2.07. The third kappa shape index (κ3) is 3.38. The number of carbonyl (C=O) groups excluding carboxylic acids is 2. The van der Waals surface area contributed by atoms with Gasteiger partial charge in [0, 0.05) is 6.54 Å². The number of nitrogens with one attached hydrogen (secondary N) is 2. The monoisotopic (exact) mass is 386 g/mol. The Morgan fingerprint density at radius 2 is 1.75 bits per heavy atom. The molecule has 0 aliphatic rings. The van der Waals surface area contributed by atoms with Crippen molar-refractivity contribution in [3.05, 3.63) is 58.0 Å². The lowest BCUT2D eigenvalue weighted by atomic mass is 10.3. The molecule has 6 N–H and O–H groups in total. The molecule has 3 rings (SSSR count). The molecule has 2 heterocycles. The number of hydrogen-bond acceptors (Lipinski definition) is 8. The molecule has 0 saturated heterocycles. The third-order valence-corrected chi connectivity index (χ3v) is 4.01. The van der Waals surface area contributed by atoms with Crippen LogP contribution >= 0.6 is 0 Å². The van der Waals surface area contributed by atoms with Crippen LogP contribution in [0.15, 0.2) is 35.1 Å². The Morgan fingerprint density at radius 1 is 1.07 bits per heavy atom. The van der Waals surface area contributed by atoms with Gasteiger partial charge in [-0.05, 0) is 19.1 Å². The molecule has 28 heavy (non-hydrogen) atoms. The molecule has 13 nitrogen and oxygen atoms in total. The van der Waals surface area contributed by atoms with E-state index in [-0.39, 0.29) is 30.2 Å². The van der Waals surface area contributed by atoms with Crippen molar-refractivity contribution in [2.45, 2.75) is 20.0 Å². The Hall–Kier alpha value is -3.84. The van der Waals surface area contributed by atoms with Crippen molar-refractivity contribution in [1.29, 1.82) is 0 Å². The number of hydrogen-bond donors (Lipinski definition) is 4. The minimum absolute atomic E-state index is 0.0643. The molecule has 0 aliphatic carbocycles. The smallest absolute Gasteiger partial charge is 0.289 e. The first-order valence-electron chi connectivity index (χ1n) is 8.15. The summed E-state index contributed by atoms with van der Waals surface area (Å²) in [6.45, 7) is 1.88. The molecule has 2 aromatic heterocycles. The minimum atomic E-state index is -0.796. The number of amides is 2. The van der Waals surface area contributed by atoms with E-state index in [9.17, 15) is 14.4 Å². The van der Waals surface area contributed by atoms with Gasteiger partial charge >= 0.3 is 5.69 Å². The molecule has 0 aliphatic heterocycles. The SMILES string of the molecule is Cc1nn(-c2ccccc2)c(=O)n1CCn1nnc(C(=O)NN)c1C(=O)NN. The molecule has 1 aromatic carbocycles. The predicted molar refractivity (Wildman–Crippen MR) is 95.9 cm³/mol. The Bertz CT molecular complexity index is 1070. The molecule has 146 valence electrons. The van der Waals surface area contributed by atoms with Gasteiger partial charge in [-0.3, -0.25) is 25.0 Å². The fraction of sp³-hybridized carbons (Fsp3) is 0.200.